The van der Waals surface area contributed by atoms with Gasteiger partial charge in [-0.15, -0.1) is 0 Å². The minimum atomic E-state index is -4.52. The first kappa shape index (κ1) is 19.2. The number of alkyl halides is 6. The largest absolute Gasteiger partial charge is 0.416 e. The number of benzene rings is 1. The molecule has 3 rings (SSSR count). The van der Waals surface area contributed by atoms with Crippen LogP contribution >= 0.6 is 0 Å². The average Bonchev–Trinajstić information content (AvgIpc) is 2.91. The number of anilines is 1. The van der Waals surface area contributed by atoms with Gasteiger partial charge in [-0.3, -0.25) is 9.78 Å². The first-order valence-corrected chi connectivity index (χ1v) is 8.02. The van der Waals surface area contributed by atoms with Crippen LogP contribution in [-0.4, -0.2) is 48.1 Å². The van der Waals surface area contributed by atoms with Crippen LogP contribution in [0.15, 0.2) is 30.5 Å². The maximum atomic E-state index is 12.9. The number of fused-ring (bicyclic) bond motifs is 1. The minimum absolute atomic E-state index is 0.0331. The van der Waals surface area contributed by atoms with E-state index in [0.717, 1.165) is 17.0 Å². The molecule has 1 unspecified atom stereocenters. The summed E-state index contributed by atoms with van der Waals surface area (Å²) in [6.45, 7) is -1.35. The summed E-state index contributed by atoms with van der Waals surface area (Å²) in [7, 11) is 1.53. The SMILES string of the molecule is CN(c1ccnc2cc(C(F)(F)F)ccc12)C1CCN(CC(F)(F)F)C1=O. The second-order valence-electron chi connectivity index (χ2n) is 6.35. The number of hydrogen-bond acceptors (Lipinski definition) is 3. The van der Waals surface area contributed by atoms with E-state index in [0.29, 0.717) is 11.1 Å². The van der Waals surface area contributed by atoms with Crippen molar-refractivity contribution in [2.45, 2.75) is 24.8 Å². The van der Waals surface area contributed by atoms with Gasteiger partial charge in [0.2, 0.25) is 5.91 Å². The Bertz CT molecular complexity index is 864. The highest BCUT2D eigenvalue weighted by Crippen LogP contribution is 2.34. The Morgan fingerprint density at radius 2 is 1.89 bits per heavy atom. The lowest BCUT2D eigenvalue weighted by Crippen LogP contribution is -2.42. The van der Waals surface area contributed by atoms with Gasteiger partial charge in [0.15, 0.2) is 0 Å². The summed E-state index contributed by atoms with van der Waals surface area (Å²) in [6.07, 6.45) is -7.51. The van der Waals surface area contributed by atoms with Crippen molar-refractivity contribution in [1.82, 2.24) is 9.88 Å². The number of amides is 1. The minimum Gasteiger partial charge on any atom is -0.362 e. The quantitative estimate of drug-likeness (QED) is 0.746. The van der Waals surface area contributed by atoms with Gasteiger partial charge >= 0.3 is 12.4 Å². The predicted molar refractivity (Wildman–Crippen MR) is 86.2 cm³/mol. The van der Waals surface area contributed by atoms with Crippen molar-refractivity contribution in [2.75, 3.05) is 25.0 Å². The van der Waals surface area contributed by atoms with E-state index in [-0.39, 0.29) is 18.5 Å². The van der Waals surface area contributed by atoms with Crippen LogP contribution < -0.4 is 4.90 Å². The van der Waals surface area contributed by atoms with E-state index in [4.69, 9.17) is 0 Å². The maximum absolute atomic E-state index is 12.9. The molecule has 4 nitrogen and oxygen atoms in total. The van der Waals surface area contributed by atoms with Crippen molar-refractivity contribution in [3.8, 4) is 0 Å². The summed E-state index contributed by atoms with van der Waals surface area (Å²) >= 11 is 0. The van der Waals surface area contributed by atoms with Crippen molar-refractivity contribution >= 4 is 22.5 Å². The van der Waals surface area contributed by atoms with Gasteiger partial charge in [-0.05, 0) is 24.6 Å². The summed E-state index contributed by atoms with van der Waals surface area (Å²) in [5.74, 6) is -0.660. The third-order valence-corrected chi connectivity index (χ3v) is 4.53. The smallest absolute Gasteiger partial charge is 0.362 e. The van der Waals surface area contributed by atoms with E-state index in [1.54, 1.807) is 0 Å². The Morgan fingerprint density at radius 3 is 2.52 bits per heavy atom. The van der Waals surface area contributed by atoms with Gasteiger partial charge in [0.05, 0.1) is 11.1 Å². The predicted octanol–water partition coefficient (Wildman–Crippen LogP) is 3.85. The number of rotatable bonds is 3. The Hall–Kier alpha value is -2.52. The fourth-order valence-corrected chi connectivity index (χ4v) is 3.24. The Balaban J connectivity index is 1.90. The molecule has 0 bridgehead atoms. The summed E-state index contributed by atoms with van der Waals surface area (Å²) < 4.78 is 76.3. The molecule has 2 aromatic rings. The van der Waals surface area contributed by atoms with Gasteiger partial charge in [-0.1, -0.05) is 6.07 Å². The van der Waals surface area contributed by atoms with Crippen LogP contribution in [0, 0.1) is 0 Å². The number of likely N-dealkylation sites (N-methyl/N-ethyl adjacent to an activating group) is 1. The normalized spacial score (nSPS) is 18.4. The summed E-state index contributed by atoms with van der Waals surface area (Å²) in [4.78, 5) is 18.5. The lowest BCUT2D eigenvalue weighted by atomic mass is 10.1. The molecule has 2 heterocycles. The zero-order chi connectivity index (χ0) is 20.0. The molecule has 1 aromatic carbocycles. The summed E-state index contributed by atoms with van der Waals surface area (Å²) in [5.41, 5.74) is -0.330. The Morgan fingerprint density at radius 1 is 1.19 bits per heavy atom. The third kappa shape index (κ3) is 3.93. The molecule has 0 radical (unpaired) electrons. The molecule has 146 valence electrons. The molecule has 10 heteroatoms. The van der Waals surface area contributed by atoms with Crippen LogP contribution in [0.3, 0.4) is 0 Å². The first-order chi connectivity index (χ1) is 12.5. The molecule has 1 aliphatic rings. The van der Waals surface area contributed by atoms with E-state index < -0.39 is 36.4 Å². The molecule has 1 aromatic heterocycles. The standard InChI is InChI=1S/C17H15F6N3O/c1-25(14-5-7-26(15(14)27)9-16(18,19)20)13-4-6-24-12-8-10(17(21,22)23)2-3-11(12)13/h2-4,6,8,14H,5,7,9H2,1H3. The number of nitrogens with zero attached hydrogens (tertiary/aromatic N) is 3. The van der Waals surface area contributed by atoms with Gasteiger partial charge in [0, 0.05) is 30.9 Å². The second-order valence-corrected chi connectivity index (χ2v) is 6.35. The molecular weight excluding hydrogens is 376 g/mol. The molecule has 1 atom stereocenters. The maximum Gasteiger partial charge on any atom is 0.416 e. The number of likely N-dealkylation sites (tertiary alicyclic amines) is 1. The first-order valence-electron chi connectivity index (χ1n) is 8.02. The fourth-order valence-electron chi connectivity index (χ4n) is 3.24. The number of pyridine rings is 1. The van der Waals surface area contributed by atoms with Crippen LogP contribution in [0.5, 0.6) is 0 Å². The zero-order valence-electron chi connectivity index (χ0n) is 14.1. The lowest BCUT2D eigenvalue weighted by Gasteiger charge is -2.27. The molecule has 0 saturated carbocycles. The van der Waals surface area contributed by atoms with Crippen molar-refractivity contribution in [3.63, 3.8) is 0 Å². The zero-order valence-corrected chi connectivity index (χ0v) is 14.1. The summed E-state index contributed by atoms with van der Waals surface area (Å²) in [5, 5.41) is 0.384. The number of carbonyl (C=O) groups is 1. The van der Waals surface area contributed by atoms with Crippen molar-refractivity contribution < 1.29 is 31.1 Å². The number of hydrogen-bond donors (Lipinski definition) is 0. The fraction of sp³-hybridized carbons (Fsp3) is 0.412. The molecule has 1 saturated heterocycles. The van der Waals surface area contributed by atoms with Gasteiger partial charge in [-0.25, -0.2) is 0 Å². The van der Waals surface area contributed by atoms with Gasteiger partial charge in [-0.2, -0.15) is 26.3 Å². The Kier molecular flexibility index (Phi) is 4.69. The molecule has 0 N–H and O–H groups in total. The van der Waals surface area contributed by atoms with Crippen molar-refractivity contribution in [1.29, 1.82) is 0 Å². The molecule has 27 heavy (non-hydrogen) atoms. The third-order valence-electron chi connectivity index (χ3n) is 4.53. The number of aromatic nitrogens is 1. The van der Waals surface area contributed by atoms with E-state index >= 15 is 0 Å². The summed E-state index contributed by atoms with van der Waals surface area (Å²) in [6, 6.07) is 3.77. The number of carbonyl (C=O) groups excluding carboxylic acids is 1. The highest BCUT2D eigenvalue weighted by molar-refractivity contribution is 5.95. The molecule has 0 spiro atoms. The topological polar surface area (TPSA) is 36.4 Å². The molecule has 1 aliphatic heterocycles. The van der Waals surface area contributed by atoms with Gasteiger partial charge in [0.1, 0.15) is 12.6 Å². The molecule has 1 fully saturated rings. The van der Waals surface area contributed by atoms with E-state index in [1.807, 2.05) is 0 Å². The van der Waals surface area contributed by atoms with Crippen LogP contribution in [-0.2, 0) is 11.0 Å². The monoisotopic (exact) mass is 391 g/mol. The van der Waals surface area contributed by atoms with Crippen LogP contribution in [0.1, 0.15) is 12.0 Å². The molecule has 1 amide bonds. The van der Waals surface area contributed by atoms with Gasteiger partial charge in [0.25, 0.3) is 0 Å². The van der Waals surface area contributed by atoms with E-state index in [9.17, 15) is 31.1 Å². The van der Waals surface area contributed by atoms with Gasteiger partial charge < -0.3 is 9.80 Å². The number of halogens is 6. The van der Waals surface area contributed by atoms with Crippen LogP contribution in [0.4, 0.5) is 32.0 Å². The van der Waals surface area contributed by atoms with Crippen molar-refractivity contribution in [3.05, 3.63) is 36.0 Å². The van der Waals surface area contributed by atoms with E-state index in [2.05, 4.69) is 4.98 Å². The Labute approximate surface area is 150 Å². The van der Waals surface area contributed by atoms with Crippen LogP contribution in [0.2, 0.25) is 0 Å². The molecule has 0 aliphatic carbocycles. The lowest BCUT2D eigenvalue weighted by molar-refractivity contribution is -0.157. The average molecular weight is 391 g/mol. The van der Waals surface area contributed by atoms with E-state index in [1.165, 1.54) is 30.3 Å². The second kappa shape index (κ2) is 6.58. The highest BCUT2D eigenvalue weighted by Gasteiger charge is 2.41. The molecular formula is C17H15F6N3O. The highest BCUT2D eigenvalue weighted by atomic mass is 19.4. The van der Waals surface area contributed by atoms with Crippen molar-refractivity contribution in [2.24, 2.45) is 0 Å². The van der Waals surface area contributed by atoms with Crippen LogP contribution in [0.25, 0.3) is 10.9 Å².